The molecule has 0 radical (unpaired) electrons. The molecule has 2 N–H and O–H groups in total. The summed E-state index contributed by atoms with van der Waals surface area (Å²) in [7, 11) is -2.29. The molecule has 0 fully saturated rings. The van der Waals surface area contributed by atoms with E-state index < -0.39 is 10.0 Å². The molecule has 1 aromatic heterocycles. The van der Waals surface area contributed by atoms with Crippen LogP contribution in [0.15, 0.2) is 58.0 Å². The molecule has 0 spiro atoms. The van der Waals surface area contributed by atoms with E-state index in [0.717, 1.165) is 18.4 Å². The molecule has 0 aliphatic rings. The van der Waals surface area contributed by atoms with Gasteiger partial charge in [-0.2, -0.15) is 0 Å². The van der Waals surface area contributed by atoms with Gasteiger partial charge >= 0.3 is 0 Å². The lowest BCUT2D eigenvalue weighted by molar-refractivity contribution is -0.111. The third-order valence-electron chi connectivity index (χ3n) is 5.69. The number of unbranched alkanes of at least 4 members (excludes halogenated alkanes) is 3. The lowest BCUT2D eigenvalue weighted by Gasteiger charge is -2.11. The van der Waals surface area contributed by atoms with Crippen LogP contribution in [0.4, 0.5) is 11.6 Å². The first kappa shape index (κ1) is 27.8. The van der Waals surface area contributed by atoms with Gasteiger partial charge in [0.1, 0.15) is 0 Å². The third kappa shape index (κ3) is 7.85. The highest BCUT2D eigenvalue weighted by molar-refractivity contribution is 7.92. The van der Waals surface area contributed by atoms with E-state index in [-0.39, 0.29) is 16.7 Å². The molecule has 2 aromatic carbocycles. The van der Waals surface area contributed by atoms with E-state index in [2.05, 4.69) is 22.1 Å². The number of methoxy groups -OCH3 is 1. The summed E-state index contributed by atoms with van der Waals surface area (Å²) in [6, 6.07) is 11.3. The van der Waals surface area contributed by atoms with Crippen molar-refractivity contribution in [3.63, 3.8) is 0 Å². The molecule has 0 saturated heterocycles. The highest BCUT2D eigenvalue weighted by atomic mass is 32.2. The molecular weight excluding hydrogens is 494 g/mol. The van der Waals surface area contributed by atoms with E-state index >= 15 is 0 Å². The Kier molecular flexibility index (Phi) is 9.73. The largest absolute Gasteiger partial charge is 0.493 e. The maximum Gasteiger partial charge on any atom is 0.264 e. The van der Waals surface area contributed by atoms with Gasteiger partial charge in [0.15, 0.2) is 11.5 Å². The van der Waals surface area contributed by atoms with E-state index in [9.17, 15) is 13.2 Å². The summed E-state index contributed by atoms with van der Waals surface area (Å²) >= 11 is 0. The number of ether oxygens (including phenoxy) is 2. The highest BCUT2D eigenvalue weighted by Crippen LogP contribution is 2.29. The van der Waals surface area contributed by atoms with Crippen molar-refractivity contribution in [1.82, 2.24) is 5.16 Å². The van der Waals surface area contributed by atoms with Crippen molar-refractivity contribution < 1.29 is 27.2 Å². The van der Waals surface area contributed by atoms with Crippen LogP contribution in [0.3, 0.4) is 0 Å². The van der Waals surface area contributed by atoms with E-state index in [0.29, 0.717) is 35.1 Å². The summed E-state index contributed by atoms with van der Waals surface area (Å²) in [6.07, 6.45) is 7.53. The van der Waals surface area contributed by atoms with Gasteiger partial charge in [0, 0.05) is 17.3 Å². The average Bonchev–Trinajstić information content (AvgIpc) is 3.19. The van der Waals surface area contributed by atoms with Crippen LogP contribution in [0.5, 0.6) is 11.5 Å². The molecule has 37 heavy (non-hydrogen) atoms. The molecule has 0 unspecified atom stereocenters. The van der Waals surface area contributed by atoms with Crippen LogP contribution < -0.4 is 19.5 Å². The van der Waals surface area contributed by atoms with Crippen molar-refractivity contribution in [2.24, 2.45) is 0 Å². The summed E-state index contributed by atoms with van der Waals surface area (Å²) in [4.78, 5) is 12.4. The van der Waals surface area contributed by atoms with Crippen molar-refractivity contribution in [1.29, 1.82) is 0 Å². The number of aromatic nitrogens is 1. The molecule has 0 saturated carbocycles. The zero-order valence-corrected chi connectivity index (χ0v) is 22.4. The summed E-state index contributed by atoms with van der Waals surface area (Å²) < 4.78 is 43.9. The monoisotopic (exact) mass is 527 g/mol. The van der Waals surface area contributed by atoms with Crippen LogP contribution >= 0.6 is 0 Å². The fourth-order valence-electron chi connectivity index (χ4n) is 3.38. The van der Waals surface area contributed by atoms with Crippen molar-refractivity contribution in [3.8, 4) is 11.5 Å². The van der Waals surface area contributed by atoms with Gasteiger partial charge in [-0.3, -0.25) is 4.79 Å². The first-order chi connectivity index (χ1) is 17.7. The number of anilines is 2. The molecule has 1 amide bonds. The van der Waals surface area contributed by atoms with Gasteiger partial charge in [-0.25, -0.2) is 13.1 Å². The zero-order valence-electron chi connectivity index (χ0n) is 21.5. The number of carbonyl (C=O) groups is 1. The third-order valence-corrected chi connectivity index (χ3v) is 7.03. The van der Waals surface area contributed by atoms with E-state index in [1.165, 1.54) is 43.2 Å². The molecule has 3 rings (SSSR count). The number of benzene rings is 2. The van der Waals surface area contributed by atoms with Gasteiger partial charge in [-0.15, -0.1) is 0 Å². The average molecular weight is 528 g/mol. The SMILES string of the molecule is CCCCCCOc1ccc(/C=C/C(=O)Nc2ccc(S(=O)(=O)Nc3onc(C)c3C)cc2)cc1OC. The van der Waals surface area contributed by atoms with Crippen molar-refractivity contribution in [2.75, 3.05) is 23.8 Å². The summed E-state index contributed by atoms with van der Waals surface area (Å²) in [6.45, 7) is 6.23. The molecule has 1 heterocycles. The van der Waals surface area contributed by atoms with Crippen molar-refractivity contribution >= 4 is 33.6 Å². The van der Waals surface area contributed by atoms with Gasteiger partial charge in [-0.05, 0) is 68.3 Å². The predicted molar refractivity (Wildman–Crippen MR) is 144 cm³/mol. The van der Waals surface area contributed by atoms with Gasteiger partial charge in [0.25, 0.3) is 10.0 Å². The zero-order chi connectivity index (χ0) is 26.8. The Balaban J connectivity index is 1.57. The normalized spacial score (nSPS) is 11.5. The number of sulfonamides is 1. The maximum atomic E-state index is 12.6. The lowest BCUT2D eigenvalue weighted by atomic mass is 10.2. The first-order valence-electron chi connectivity index (χ1n) is 12.1. The summed E-state index contributed by atoms with van der Waals surface area (Å²) in [5, 5.41) is 6.46. The Labute approximate surface area is 217 Å². The Morgan fingerprint density at radius 1 is 1.05 bits per heavy atom. The van der Waals surface area contributed by atoms with Crippen LogP contribution in [0, 0.1) is 13.8 Å². The Morgan fingerprint density at radius 3 is 2.46 bits per heavy atom. The fourth-order valence-corrected chi connectivity index (χ4v) is 4.43. The van der Waals surface area contributed by atoms with Crippen LogP contribution in [0.2, 0.25) is 0 Å². The molecule has 0 bridgehead atoms. The smallest absolute Gasteiger partial charge is 0.264 e. The minimum absolute atomic E-state index is 0.0225. The summed E-state index contributed by atoms with van der Waals surface area (Å²) in [5.74, 6) is 0.970. The number of aryl methyl sites for hydroxylation is 1. The number of amides is 1. The second kappa shape index (κ2) is 13.0. The van der Waals surface area contributed by atoms with Gasteiger partial charge < -0.3 is 19.3 Å². The molecular formula is C27H33N3O6S. The number of rotatable bonds is 13. The number of carbonyl (C=O) groups excluding carboxylic acids is 1. The quantitative estimate of drug-likeness (QED) is 0.216. The first-order valence-corrected chi connectivity index (χ1v) is 13.6. The fraction of sp³-hybridized carbons (Fsp3) is 0.333. The van der Waals surface area contributed by atoms with Crippen molar-refractivity contribution in [3.05, 3.63) is 65.4 Å². The van der Waals surface area contributed by atoms with Gasteiger partial charge in [-0.1, -0.05) is 37.4 Å². The maximum absolute atomic E-state index is 12.6. The van der Waals surface area contributed by atoms with Crippen LogP contribution in [0.25, 0.3) is 6.08 Å². The van der Waals surface area contributed by atoms with Gasteiger partial charge in [0.05, 0.1) is 24.3 Å². The molecule has 9 nitrogen and oxygen atoms in total. The Morgan fingerprint density at radius 2 is 1.81 bits per heavy atom. The summed E-state index contributed by atoms with van der Waals surface area (Å²) in [5.41, 5.74) is 2.44. The minimum atomic E-state index is -3.87. The van der Waals surface area contributed by atoms with E-state index in [4.69, 9.17) is 14.0 Å². The molecule has 3 aromatic rings. The number of nitrogens with zero attached hydrogens (tertiary/aromatic N) is 1. The van der Waals surface area contributed by atoms with Crippen LogP contribution in [-0.4, -0.2) is 33.2 Å². The van der Waals surface area contributed by atoms with Crippen molar-refractivity contribution in [2.45, 2.75) is 51.3 Å². The standard InChI is InChI=1S/C27H33N3O6S/c1-5-6-7-8-17-35-24-15-9-21(18-25(24)34-4)10-16-26(31)28-22-11-13-23(14-12-22)37(32,33)30-27-19(2)20(3)29-36-27/h9-16,18,30H,5-8,17H2,1-4H3,(H,28,31)/b16-10+. The molecule has 198 valence electrons. The van der Waals surface area contributed by atoms with E-state index in [1.54, 1.807) is 33.1 Å². The number of hydrogen-bond donors (Lipinski definition) is 2. The predicted octanol–water partition coefficient (Wildman–Crippen LogP) is 5.71. The van der Waals surface area contributed by atoms with Crippen LogP contribution in [-0.2, 0) is 14.8 Å². The van der Waals surface area contributed by atoms with Gasteiger partial charge in [0.2, 0.25) is 11.8 Å². The Hall–Kier alpha value is -3.79. The molecule has 0 atom stereocenters. The Bertz CT molecular complexity index is 1330. The van der Waals surface area contributed by atoms with E-state index in [1.807, 2.05) is 12.1 Å². The highest BCUT2D eigenvalue weighted by Gasteiger charge is 2.19. The second-order valence-electron chi connectivity index (χ2n) is 8.49. The topological polar surface area (TPSA) is 120 Å². The second-order valence-corrected chi connectivity index (χ2v) is 10.2. The lowest BCUT2D eigenvalue weighted by Crippen LogP contribution is -2.13. The molecule has 10 heteroatoms. The molecule has 0 aliphatic carbocycles. The number of hydrogen-bond acceptors (Lipinski definition) is 7. The number of nitrogens with one attached hydrogen (secondary N) is 2. The van der Waals surface area contributed by atoms with Crippen LogP contribution in [0.1, 0.15) is 49.4 Å². The minimum Gasteiger partial charge on any atom is -0.493 e. The molecule has 0 aliphatic heterocycles.